The molecule has 5 nitrogen and oxygen atoms in total. The third kappa shape index (κ3) is 6.20. The normalized spacial score (nSPS) is 21.1. The van der Waals surface area contributed by atoms with Crippen LogP contribution in [0.3, 0.4) is 0 Å². The van der Waals surface area contributed by atoms with Crippen molar-refractivity contribution in [1.29, 1.82) is 0 Å². The van der Waals surface area contributed by atoms with E-state index in [1.165, 1.54) is 39.0 Å². The Hall–Kier alpha value is -0.650. The second-order valence-electron chi connectivity index (χ2n) is 6.05. The van der Waals surface area contributed by atoms with E-state index >= 15 is 0 Å². The number of hydrogen-bond donors (Lipinski definition) is 2. The van der Waals surface area contributed by atoms with Gasteiger partial charge in [-0.05, 0) is 44.8 Å². The minimum atomic E-state index is 0.140. The number of carbonyl (C=O) groups is 1. The number of nitrogens with zero attached hydrogens (tertiary/aromatic N) is 2. The van der Waals surface area contributed by atoms with Gasteiger partial charge in [0.15, 0.2) is 0 Å². The Morgan fingerprint density at radius 2 is 1.85 bits per heavy atom. The van der Waals surface area contributed by atoms with Gasteiger partial charge in [-0.3, -0.25) is 4.79 Å². The van der Waals surface area contributed by atoms with Crippen molar-refractivity contribution in [3.63, 3.8) is 0 Å². The number of piperazine rings is 1. The molecule has 2 aliphatic rings. The lowest BCUT2D eigenvalue weighted by molar-refractivity contribution is -0.120. The van der Waals surface area contributed by atoms with Gasteiger partial charge in [0.1, 0.15) is 0 Å². The zero-order valence-corrected chi connectivity index (χ0v) is 12.9. The van der Waals surface area contributed by atoms with Crippen LogP contribution in [0.1, 0.15) is 26.2 Å². The molecule has 1 amide bonds. The predicted molar refractivity (Wildman–Crippen MR) is 81.8 cm³/mol. The minimum absolute atomic E-state index is 0.140. The number of likely N-dealkylation sites (N-methyl/N-ethyl adjacent to an activating group) is 1. The number of nitrogens with one attached hydrogen (secondary N) is 2. The molecule has 0 aromatic heterocycles. The van der Waals surface area contributed by atoms with Crippen molar-refractivity contribution >= 4 is 5.91 Å². The molecule has 2 N–H and O–H groups in total. The second kappa shape index (κ2) is 8.60. The Labute approximate surface area is 123 Å². The van der Waals surface area contributed by atoms with E-state index in [0.29, 0.717) is 6.54 Å². The van der Waals surface area contributed by atoms with Gasteiger partial charge in [-0.15, -0.1) is 0 Å². The Kier molecular flexibility index (Phi) is 6.76. The molecule has 0 aromatic rings. The molecule has 1 saturated heterocycles. The molecule has 1 aliphatic heterocycles. The van der Waals surface area contributed by atoms with Crippen molar-refractivity contribution in [2.24, 2.45) is 5.92 Å². The van der Waals surface area contributed by atoms with Crippen molar-refractivity contribution in [2.45, 2.75) is 26.2 Å². The summed E-state index contributed by atoms with van der Waals surface area (Å²) in [6, 6.07) is 0. The van der Waals surface area contributed by atoms with E-state index in [9.17, 15) is 4.79 Å². The van der Waals surface area contributed by atoms with Crippen molar-refractivity contribution in [3.8, 4) is 0 Å². The molecule has 5 heteroatoms. The van der Waals surface area contributed by atoms with Gasteiger partial charge in [0, 0.05) is 32.7 Å². The van der Waals surface area contributed by atoms with E-state index < -0.39 is 0 Å². The quantitative estimate of drug-likeness (QED) is 0.590. The summed E-state index contributed by atoms with van der Waals surface area (Å²) < 4.78 is 0. The highest BCUT2D eigenvalue weighted by atomic mass is 16.1. The fourth-order valence-corrected chi connectivity index (χ4v) is 2.63. The van der Waals surface area contributed by atoms with E-state index in [0.717, 1.165) is 38.5 Å². The lowest BCUT2D eigenvalue weighted by Gasteiger charge is -2.33. The van der Waals surface area contributed by atoms with Crippen LogP contribution in [0.2, 0.25) is 0 Å². The maximum absolute atomic E-state index is 11.6. The van der Waals surface area contributed by atoms with E-state index in [2.05, 4.69) is 27.4 Å². The lowest BCUT2D eigenvalue weighted by Crippen LogP contribution is -2.46. The molecule has 0 spiro atoms. The van der Waals surface area contributed by atoms with Crippen LogP contribution in [0, 0.1) is 5.92 Å². The highest BCUT2D eigenvalue weighted by Crippen LogP contribution is 2.27. The maximum Gasteiger partial charge on any atom is 0.233 e. The molecule has 0 unspecified atom stereocenters. The van der Waals surface area contributed by atoms with Crippen molar-refractivity contribution in [1.82, 2.24) is 20.4 Å². The SMILES string of the molecule is CCN1CCN(CCCNC(=O)CNCC2CC2)CC1. The number of rotatable bonds is 9. The van der Waals surface area contributed by atoms with Crippen molar-refractivity contribution in [3.05, 3.63) is 0 Å². The van der Waals surface area contributed by atoms with Gasteiger partial charge in [0.25, 0.3) is 0 Å². The molecule has 116 valence electrons. The summed E-state index contributed by atoms with van der Waals surface area (Å²) in [6.07, 6.45) is 3.72. The van der Waals surface area contributed by atoms with Crippen LogP contribution in [0.4, 0.5) is 0 Å². The first-order valence-corrected chi connectivity index (χ1v) is 8.20. The predicted octanol–water partition coefficient (Wildman–Crippen LogP) is 0.130. The van der Waals surface area contributed by atoms with Crippen molar-refractivity contribution < 1.29 is 4.79 Å². The van der Waals surface area contributed by atoms with Gasteiger partial charge >= 0.3 is 0 Å². The van der Waals surface area contributed by atoms with E-state index in [1.54, 1.807) is 0 Å². The van der Waals surface area contributed by atoms with E-state index in [1.807, 2.05) is 0 Å². The fraction of sp³-hybridized carbons (Fsp3) is 0.933. The molecule has 1 heterocycles. The van der Waals surface area contributed by atoms with E-state index in [4.69, 9.17) is 0 Å². The third-order valence-electron chi connectivity index (χ3n) is 4.30. The Bertz CT molecular complexity index is 286. The average molecular weight is 282 g/mol. The maximum atomic E-state index is 11.6. The Morgan fingerprint density at radius 3 is 2.50 bits per heavy atom. The van der Waals surface area contributed by atoms with E-state index in [-0.39, 0.29) is 5.91 Å². The minimum Gasteiger partial charge on any atom is -0.355 e. The van der Waals surface area contributed by atoms with Crippen LogP contribution in [-0.4, -0.2) is 74.6 Å². The number of carbonyl (C=O) groups excluding carboxylic acids is 1. The van der Waals surface area contributed by atoms with Crippen LogP contribution in [0.5, 0.6) is 0 Å². The summed E-state index contributed by atoms with van der Waals surface area (Å²) in [7, 11) is 0. The largest absolute Gasteiger partial charge is 0.355 e. The summed E-state index contributed by atoms with van der Waals surface area (Å²) >= 11 is 0. The summed E-state index contributed by atoms with van der Waals surface area (Å²) in [5.74, 6) is 0.978. The van der Waals surface area contributed by atoms with Crippen LogP contribution in [-0.2, 0) is 4.79 Å². The molecule has 0 bridgehead atoms. The van der Waals surface area contributed by atoms with Gasteiger partial charge in [-0.2, -0.15) is 0 Å². The monoisotopic (exact) mass is 282 g/mol. The zero-order valence-electron chi connectivity index (χ0n) is 12.9. The summed E-state index contributed by atoms with van der Waals surface area (Å²) in [4.78, 5) is 16.6. The summed E-state index contributed by atoms with van der Waals surface area (Å²) in [6.45, 7) is 11.5. The van der Waals surface area contributed by atoms with Crippen LogP contribution in [0.15, 0.2) is 0 Å². The van der Waals surface area contributed by atoms with Crippen LogP contribution >= 0.6 is 0 Å². The fourth-order valence-electron chi connectivity index (χ4n) is 2.63. The van der Waals surface area contributed by atoms with Gasteiger partial charge in [-0.25, -0.2) is 0 Å². The molecular weight excluding hydrogens is 252 g/mol. The highest BCUT2D eigenvalue weighted by molar-refractivity contribution is 5.77. The molecule has 1 aliphatic carbocycles. The van der Waals surface area contributed by atoms with Gasteiger partial charge in [0.2, 0.25) is 5.91 Å². The highest BCUT2D eigenvalue weighted by Gasteiger charge is 2.20. The second-order valence-corrected chi connectivity index (χ2v) is 6.05. The summed E-state index contributed by atoms with van der Waals surface area (Å²) in [5.41, 5.74) is 0. The topological polar surface area (TPSA) is 47.6 Å². The number of hydrogen-bond acceptors (Lipinski definition) is 4. The Balaban J connectivity index is 1.41. The van der Waals surface area contributed by atoms with Gasteiger partial charge < -0.3 is 20.4 Å². The first-order valence-electron chi connectivity index (χ1n) is 8.20. The van der Waals surface area contributed by atoms with Gasteiger partial charge in [-0.1, -0.05) is 6.92 Å². The van der Waals surface area contributed by atoms with Crippen LogP contribution in [0.25, 0.3) is 0 Å². The average Bonchev–Trinajstić information content (AvgIpc) is 3.28. The van der Waals surface area contributed by atoms with Gasteiger partial charge in [0.05, 0.1) is 6.54 Å². The molecule has 0 aromatic carbocycles. The Morgan fingerprint density at radius 1 is 1.15 bits per heavy atom. The first kappa shape index (κ1) is 15.7. The van der Waals surface area contributed by atoms with Crippen molar-refractivity contribution in [2.75, 3.05) is 58.9 Å². The third-order valence-corrected chi connectivity index (χ3v) is 4.30. The smallest absolute Gasteiger partial charge is 0.233 e. The lowest BCUT2D eigenvalue weighted by atomic mass is 10.3. The molecule has 20 heavy (non-hydrogen) atoms. The first-order chi connectivity index (χ1) is 9.78. The molecule has 0 atom stereocenters. The molecule has 0 radical (unpaired) electrons. The number of amides is 1. The molecular formula is C15H30N4O. The van der Waals surface area contributed by atoms with Crippen LogP contribution < -0.4 is 10.6 Å². The molecule has 2 rings (SSSR count). The molecule has 2 fully saturated rings. The summed E-state index contributed by atoms with van der Waals surface area (Å²) in [5, 5.41) is 6.22. The standard InChI is InChI=1S/C15H30N4O/c1-2-18-8-10-19(11-9-18)7-3-6-17-15(20)13-16-12-14-4-5-14/h14,16H,2-13H2,1H3,(H,17,20). The molecule has 1 saturated carbocycles. The zero-order chi connectivity index (χ0) is 14.2.